The predicted octanol–water partition coefficient (Wildman–Crippen LogP) is 4.58. The lowest BCUT2D eigenvalue weighted by atomic mass is 10.0. The highest BCUT2D eigenvalue weighted by Gasteiger charge is 2.10. The van der Waals surface area contributed by atoms with Gasteiger partial charge in [-0.3, -0.25) is 9.59 Å². The van der Waals surface area contributed by atoms with Crippen LogP contribution in [-0.2, 0) is 9.59 Å². The Morgan fingerprint density at radius 2 is 1.56 bits per heavy atom. The molecule has 0 aliphatic rings. The number of hydrogen-bond acceptors (Lipinski definition) is 3. The van der Waals surface area contributed by atoms with Crippen molar-refractivity contribution in [1.82, 2.24) is 5.32 Å². The Labute approximate surface area is 166 Å². The van der Waals surface area contributed by atoms with E-state index in [4.69, 9.17) is 0 Å². The highest BCUT2D eigenvalue weighted by atomic mass is 32.2. The Hall–Kier alpha value is -2.27. The lowest BCUT2D eigenvalue weighted by molar-refractivity contribution is -0.122. The standard InChI is InChI=1S/C22H28N2O2S/c1-14(2)18-6-8-19(9-7-18)27-13-21(26)23-12-20(25)24-22-16(4)10-15(3)11-17(22)5/h6-11,14H,12-13H2,1-5H3,(H,23,26)(H,24,25). The molecule has 5 heteroatoms. The van der Waals surface area contributed by atoms with Crippen molar-refractivity contribution in [1.29, 1.82) is 0 Å². The Kier molecular flexibility index (Phi) is 7.48. The number of carbonyl (C=O) groups excluding carboxylic acids is 2. The number of benzene rings is 2. The molecule has 0 saturated carbocycles. The lowest BCUT2D eigenvalue weighted by Gasteiger charge is -2.13. The molecule has 0 saturated heterocycles. The van der Waals surface area contributed by atoms with E-state index >= 15 is 0 Å². The van der Waals surface area contributed by atoms with Gasteiger partial charge in [-0.1, -0.05) is 43.7 Å². The minimum atomic E-state index is -0.218. The summed E-state index contributed by atoms with van der Waals surface area (Å²) < 4.78 is 0. The van der Waals surface area contributed by atoms with Gasteiger partial charge < -0.3 is 10.6 Å². The van der Waals surface area contributed by atoms with Crippen LogP contribution in [0.5, 0.6) is 0 Å². The minimum Gasteiger partial charge on any atom is -0.346 e. The molecule has 0 atom stereocenters. The van der Waals surface area contributed by atoms with Gasteiger partial charge in [-0.25, -0.2) is 0 Å². The van der Waals surface area contributed by atoms with E-state index in [1.165, 1.54) is 17.3 Å². The maximum atomic E-state index is 12.1. The number of amides is 2. The molecule has 0 spiro atoms. The summed E-state index contributed by atoms with van der Waals surface area (Å²) in [7, 11) is 0. The zero-order valence-electron chi connectivity index (χ0n) is 16.7. The zero-order chi connectivity index (χ0) is 20.0. The molecule has 0 bridgehead atoms. The van der Waals surface area contributed by atoms with E-state index in [0.29, 0.717) is 5.92 Å². The molecular formula is C22H28N2O2S. The second-order valence-corrected chi connectivity index (χ2v) is 8.16. The van der Waals surface area contributed by atoms with Crippen molar-refractivity contribution in [3.63, 3.8) is 0 Å². The van der Waals surface area contributed by atoms with Crippen molar-refractivity contribution in [2.24, 2.45) is 0 Å². The molecule has 0 fully saturated rings. The van der Waals surface area contributed by atoms with E-state index in [1.54, 1.807) is 0 Å². The third kappa shape index (κ3) is 6.43. The Bertz CT molecular complexity index is 791. The van der Waals surface area contributed by atoms with Crippen molar-refractivity contribution < 1.29 is 9.59 Å². The van der Waals surface area contributed by atoms with Crippen LogP contribution < -0.4 is 10.6 Å². The van der Waals surface area contributed by atoms with E-state index in [0.717, 1.165) is 27.3 Å². The van der Waals surface area contributed by atoms with E-state index in [1.807, 2.05) is 45.0 Å². The zero-order valence-corrected chi connectivity index (χ0v) is 17.5. The summed E-state index contributed by atoms with van der Waals surface area (Å²) in [6.07, 6.45) is 0. The smallest absolute Gasteiger partial charge is 0.243 e. The topological polar surface area (TPSA) is 58.2 Å². The van der Waals surface area contributed by atoms with Crippen LogP contribution in [-0.4, -0.2) is 24.1 Å². The van der Waals surface area contributed by atoms with Crippen molar-refractivity contribution in [2.45, 2.75) is 45.4 Å². The van der Waals surface area contributed by atoms with Crippen LogP contribution >= 0.6 is 11.8 Å². The van der Waals surface area contributed by atoms with Gasteiger partial charge in [0.1, 0.15) is 0 Å². The van der Waals surface area contributed by atoms with E-state index in [9.17, 15) is 9.59 Å². The maximum Gasteiger partial charge on any atom is 0.243 e. The Morgan fingerprint density at radius 3 is 2.11 bits per heavy atom. The molecule has 0 aliphatic carbocycles. The second-order valence-electron chi connectivity index (χ2n) is 7.11. The Balaban J connectivity index is 1.79. The minimum absolute atomic E-state index is 0.0293. The van der Waals surface area contributed by atoms with Crippen LogP contribution in [0.15, 0.2) is 41.3 Å². The number of carbonyl (C=O) groups is 2. The third-order valence-corrected chi connectivity index (χ3v) is 5.32. The second kappa shape index (κ2) is 9.60. The summed E-state index contributed by atoms with van der Waals surface area (Å²) in [5.74, 6) is 0.411. The fraction of sp³-hybridized carbons (Fsp3) is 0.364. The summed E-state index contributed by atoms with van der Waals surface area (Å²) in [6.45, 7) is 10.2. The van der Waals surface area contributed by atoms with Gasteiger partial charge >= 0.3 is 0 Å². The summed E-state index contributed by atoms with van der Waals surface area (Å²) in [5.41, 5.74) is 5.30. The number of hydrogen-bond donors (Lipinski definition) is 2. The molecule has 2 rings (SSSR count). The van der Waals surface area contributed by atoms with Crippen molar-refractivity contribution in [3.05, 3.63) is 58.7 Å². The molecule has 0 radical (unpaired) electrons. The molecule has 2 N–H and O–H groups in total. The summed E-state index contributed by atoms with van der Waals surface area (Å²) in [4.78, 5) is 25.2. The predicted molar refractivity (Wildman–Crippen MR) is 114 cm³/mol. The third-order valence-electron chi connectivity index (χ3n) is 4.30. The maximum absolute atomic E-state index is 12.1. The molecule has 4 nitrogen and oxygen atoms in total. The molecule has 0 unspecified atom stereocenters. The first-order valence-electron chi connectivity index (χ1n) is 9.13. The number of anilines is 1. The number of rotatable bonds is 7. The van der Waals surface area contributed by atoms with Gasteiger partial charge in [0, 0.05) is 10.6 Å². The molecule has 144 valence electrons. The van der Waals surface area contributed by atoms with E-state index in [2.05, 4.69) is 36.6 Å². The van der Waals surface area contributed by atoms with Crippen molar-refractivity contribution in [3.8, 4) is 0 Å². The van der Waals surface area contributed by atoms with Gasteiger partial charge in [0.15, 0.2) is 0 Å². The first-order valence-corrected chi connectivity index (χ1v) is 10.1. The molecule has 27 heavy (non-hydrogen) atoms. The average molecular weight is 385 g/mol. The first kappa shape index (κ1) is 21.0. The van der Waals surface area contributed by atoms with Gasteiger partial charge in [0.2, 0.25) is 11.8 Å². The number of thioether (sulfide) groups is 1. The first-order chi connectivity index (χ1) is 12.8. The molecule has 0 aliphatic heterocycles. The highest BCUT2D eigenvalue weighted by Crippen LogP contribution is 2.22. The van der Waals surface area contributed by atoms with Crippen LogP contribution in [0.3, 0.4) is 0 Å². The van der Waals surface area contributed by atoms with E-state index < -0.39 is 0 Å². The van der Waals surface area contributed by atoms with Gasteiger partial charge in [0.25, 0.3) is 0 Å². The normalized spacial score (nSPS) is 10.7. The lowest BCUT2D eigenvalue weighted by Crippen LogP contribution is -2.34. The van der Waals surface area contributed by atoms with Crippen LogP contribution in [0.2, 0.25) is 0 Å². The summed E-state index contributed by atoms with van der Waals surface area (Å²) >= 11 is 1.47. The fourth-order valence-electron chi connectivity index (χ4n) is 2.89. The molecule has 2 aromatic carbocycles. The SMILES string of the molecule is Cc1cc(C)c(NC(=O)CNC(=O)CSc2ccc(C(C)C)cc2)c(C)c1. The molecular weight excluding hydrogens is 356 g/mol. The number of aryl methyl sites for hydroxylation is 3. The molecule has 0 aromatic heterocycles. The molecule has 2 aromatic rings. The van der Waals surface area contributed by atoms with Crippen LogP contribution in [0.25, 0.3) is 0 Å². The van der Waals surface area contributed by atoms with E-state index in [-0.39, 0.29) is 24.1 Å². The van der Waals surface area contributed by atoms with Crippen LogP contribution in [0.1, 0.15) is 42.0 Å². The van der Waals surface area contributed by atoms with Crippen LogP contribution in [0, 0.1) is 20.8 Å². The monoisotopic (exact) mass is 384 g/mol. The van der Waals surface area contributed by atoms with Crippen molar-refractivity contribution >= 4 is 29.3 Å². The quantitative estimate of drug-likeness (QED) is 0.687. The molecule has 0 heterocycles. The highest BCUT2D eigenvalue weighted by molar-refractivity contribution is 8.00. The summed E-state index contributed by atoms with van der Waals surface area (Å²) in [6, 6.07) is 12.3. The summed E-state index contributed by atoms with van der Waals surface area (Å²) in [5, 5.41) is 5.57. The van der Waals surface area contributed by atoms with Gasteiger partial charge in [0.05, 0.1) is 12.3 Å². The fourth-order valence-corrected chi connectivity index (χ4v) is 3.62. The largest absolute Gasteiger partial charge is 0.346 e. The average Bonchev–Trinajstić information content (AvgIpc) is 2.61. The number of nitrogens with one attached hydrogen (secondary N) is 2. The van der Waals surface area contributed by atoms with Gasteiger partial charge in [-0.2, -0.15) is 0 Å². The molecule has 2 amide bonds. The van der Waals surface area contributed by atoms with Crippen LogP contribution in [0.4, 0.5) is 5.69 Å². The van der Waals surface area contributed by atoms with Gasteiger partial charge in [-0.15, -0.1) is 11.8 Å². The van der Waals surface area contributed by atoms with Crippen molar-refractivity contribution in [2.75, 3.05) is 17.6 Å². The van der Waals surface area contributed by atoms with Gasteiger partial charge in [-0.05, 0) is 55.5 Å². The Morgan fingerprint density at radius 1 is 0.963 bits per heavy atom.